The van der Waals surface area contributed by atoms with Gasteiger partial charge in [0.1, 0.15) is 0 Å². The predicted octanol–water partition coefficient (Wildman–Crippen LogP) is 2.94. The minimum absolute atomic E-state index is 0.128. The van der Waals surface area contributed by atoms with Gasteiger partial charge in [-0.15, -0.1) is 0 Å². The maximum atomic E-state index is 6.40. The summed E-state index contributed by atoms with van der Waals surface area (Å²) in [7, 11) is 0. The molecule has 3 rings (SSSR count). The average molecular weight is 254 g/mol. The van der Waals surface area contributed by atoms with E-state index >= 15 is 0 Å². The third kappa shape index (κ3) is 1.80. The van der Waals surface area contributed by atoms with Crippen LogP contribution in [0.2, 0.25) is 5.02 Å². The fraction of sp³-hybridized carbons (Fsp3) is 0.769. The lowest BCUT2D eigenvalue weighted by Crippen LogP contribution is -2.41. The van der Waals surface area contributed by atoms with Crippen LogP contribution >= 0.6 is 11.6 Å². The van der Waals surface area contributed by atoms with Gasteiger partial charge in [0.25, 0.3) is 0 Å². The smallest absolute Gasteiger partial charge is 0.0837 e. The Morgan fingerprint density at radius 1 is 1.59 bits per heavy atom. The number of nitrogens with zero attached hydrogens (tertiary/aromatic N) is 2. The summed E-state index contributed by atoms with van der Waals surface area (Å²) in [5.74, 6) is 0.773. The SMILES string of the molecule is CCCn1ncc(Cl)c1C1(C2CC2)CCCN1. The van der Waals surface area contributed by atoms with Crippen LogP contribution in [0.5, 0.6) is 0 Å². The van der Waals surface area contributed by atoms with Crippen LogP contribution < -0.4 is 5.32 Å². The molecule has 1 aliphatic carbocycles. The highest BCUT2D eigenvalue weighted by Gasteiger charge is 2.50. The molecule has 4 heteroatoms. The molecule has 1 unspecified atom stereocenters. The zero-order valence-electron chi connectivity index (χ0n) is 10.4. The number of aromatic nitrogens is 2. The summed E-state index contributed by atoms with van der Waals surface area (Å²) < 4.78 is 2.12. The van der Waals surface area contributed by atoms with Gasteiger partial charge in [0.15, 0.2) is 0 Å². The third-order valence-corrected chi connectivity index (χ3v) is 4.39. The monoisotopic (exact) mass is 253 g/mol. The van der Waals surface area contributed by atoms with E-state index in [2.05, 4.69) is 22.0 Å². The van der Waals surface area contributed by atoms with E-state index in [1.54, 1.807) is 0 Å². The molecular weight excluding hydrogens is 234 g/mol. The summed E-state index contributed by atoms with van der Waals surface area (Å²) >= 11 is 6.40. The molecule has 2 aliphatic rings. The lowest BCUT2D eigenvalue weighted by Gasteiger charge is -2.31. The quantitative estimate of drug-likeness (QED) is 0.894. The van der Waals surface area contributed by atoms with E-state index in [-0.39, 0.29) is 5.54 Å². The van der Waals surface area contributed by atoms with E-state index in [1.165, 1.54) is 31.4 Å². The van der Waals surface area contributed by atoms with Crippen LogP contribution in [0.4, 0.5) is 0 Å². The molecule has 0 amide bonds. The molecule has 0 spiro atoms. The summed E-state index contributed by atoms with van der Waals surface area (Å²) in [5, 5.41) is 9.03. The van der Waals surface area contributed by atoms with Crippen molar-refractivity contribution in [2.45, 2.75) is 51.1 Å². The normalized spacial score (nSPS) is 28.8. The molecule has 1 aromatic heterocycles. The van der Waals surface area contributed by atoms with Gasteiger partial charge >= 0.3 is 0 Å². The van der Waals surface area contributed by atoms with Crippen molar-refractivity contribution < 1.29 is 0 Å². The maximum Gasteiger partial charge on any atom is 0.0837 e. The molecule has 0 bridgehead atoms. The van der Waals surface area contributed by atoms with Gasteiger partial charge in [0.05, 0.1) is 22.5 Å². The first-order valence-electron chi connectivity index (χ1n) is 6.75. The number of hydrogen-bond acceptors (Lipinski definition) is 2. The molecule has 3 nitrogen and oxygen atoms in total. The highest BCUT2D eigenvalue weighted by Crippen LogP contribution is 2.51. The molecule has 1 saturated carbocycles. The first-order valence-corrected chi connectivity index (χ1v) is 7.12. The fourth-order valence-corrected chi connectivity index (χ4v) is 3.58. The number of halogens is 1. The first kappa shape index (κ1) is 11.5. The minimum atomic E-state index is 0.128. The van der Waals surface area contributed by atoms with Gasteiger partial charge in [-0.2, -0.15) is 5.10 Å². The van der Waals surface area contributed by atoms with Crippen LogP contribution in [0.15, 0.2) is 6.20 Å². The second-order valence-corrected chi connectivity index (χ2v) is 5.75. The maximum absolute atomic E-state index is 6.40. The molecule has 2 heterocycles. The largest absolute Gasteiger partial charge is 0.306 e. The van der Waals surface area contributed by atoms with Crippen molar-refractivity contribution in [3.05, 3.63) is 16.9 Å². The Morgan fingerprint density at radius 2 is 2.41 bits per heavy atom. The average Bonchev–Trinajstić information content (AvgIpc) is 2.96. The molecule has 1 aromatic rings. The molecule has 17 heavy (non-hydrogen) atoms. The second-order valence-electron chi connectivity index (χ2n) is 5.34. The summed E-state index contributed by atoms with van der Waals surface area (Å²) in [6.07, 6.45) is 8.06. The third-order valence-electron chi connectivity index (χ3n) is 4.12. The summed E-state index contributed by atoms with van der Waals surface area (Å²) in [5.41, 5.74) is 1.38. The van der Waals surface area contributed by atoms with Crippen molar-refractivity contribution in [2.75, 3.05) is 6.54 Å². The zero-order valence-corrected chi connectivity index (χ0v) is 11.1. The number of nitrogens with one attached hydrogen (secondary N) is 1. The van der Waals surface area contributed by atoms with Crippen molar-refractivity contribution in [3.8, 4) is 0 Å². The van der Waals surface area contributed by atoms with Crippen LogP contribution in [0, 0.1) is 5.92 Å². The molecule has 0 radical (unpaired) electrons. The van der Waals surface area contributed by atoms with Crippen LogP contribution in [0.3, 0.4) is 0 Å². The van der Waals surface area contributed by atoms with Crippen molar-refractivity contribution in [2.24, 2.45) is 5.92 Å². The predicted molar refractivity (Wildman–Crippen MR) is 69.2 cm³/mol. The van der Waals surface area contributed by atoms with Gasteiger partial charge in [-0.3, -0.25) is 4.68 Å². The highest BCUT2D eigenvalue weighted by molar-refractivity contribution is 6.31. The summed E-state index contributed by atoms with van der Waals surface area (Å²) in [4.78, 5) is 0. The van der Waals surface area contributed by atoms with E-state index in [0.717, 1.165) is 30.5 Å². The van der Waals surface area contributed by atoms with Gasteiger partial charge < -0.3 is 5.32 Å². The first-order chi connectivity index (χ1) is 8.28. The highest BCUT2D eigenvalue weighted by atomic mass is 35.5. The van der Waals surface area contributed by atoms with Crippen molar-refractivity contribution in [3.63, 3.8) is 0 Å². The summed E-state index contributed by atoms with van der Waals surface area (Å²) in [6.45, 7) is 4.27. The molecule has 1 saturated heterocycles. The topological polar surface area (TPSA) is 29.9 Å². The molecule has 1 atom stereocenters. The number of aryl methyl sites for hydroxylation is 1. The van der Waals surface area contributed by atoms with Crippen molar-refractivity contribution in [1.29, 1.82) is 0 Å². The van der Waals surface area contributed by atoms with Crippen LogP contribution in [0.1, 0.15) is 44.7 Å². The van der Waals surface area contributed by atoms with E-state index < -0.39 is 0 Å². The van der Waals surface area contributed by atoms with Crippen LogP contribution in [-0.4, -0.2) is 16.3 Å². The molecule has 94 valence electrons. The summed E-state index contributed by atoms with van der Waals surface area (Å²) in [6, 6.07) is 0. The second kappa shape index (κ2) is 4.29. The van der Waals surface area contributed by atoms with Crippen molar-refractivity contribution >= 4 is 11.6 Å². The van der Waals surface area contributed by atoms with Gasteiger partial charge in [-0.05, 0) is 44.6 Å². The van der Waals surface area contributed by atoms with Crippen LogP contribution in [-0.2, 0) is 12.1 Å². The zero-order chi connectivity index (χ0) is 11.9. The number of hydrogen-bond donors (Lipinski definition) is 1. The van der Waals surface area contributed by atoms with E-state index in [0.29, 0.717) is 0 Å². The molecular formula is C13H20ClN3. The van der Waals surface area contributed by atoms with E-state index in [1.807, 2.05) is 6.20 Å². The Kier molecular flexibility index (Phi) is 2.91. The van der Waals surface area contributed by atoms with E-state index in [4.69, 9.17) is 11.6 Å². The molecule has 0 aromatic carbocycles. The van der Waals surface area contributed by atoms with Crippen molar-refractivity contribution in [1.82, 2.24) is 15.1 Å². The Morgan fingerprint density at radius 3 is 3.00 bits per heavy atom. The number of rotatable bonds is 4. The molecule has 1 N–H and O–H groups in total. The van der Waals surface area contributed by atoms with Gasteiger partial charge in [0.2, 0.25) is 0 Å². The molecule has 2 fully saturated rings. The lowest BCUT2D eigenvalue weighted by atomic mass is 9.87. The Bertz CT molecular complexity index is 403. The standard InChI is InChI=1S/C13H20ClN3/c1-2-8-17-12(11(14)9-16-17)13(10-4-5-10)6-3-7-15-13/h9-10,15H,2-8H2,1H3. The Hall–Kier alpha value is -0.540. The Labute approximate surface area is 108 Å². The van der Waals surface area contributed by atoms with Gasteiger partial charge in [-0.25, -0.2) is 0 Å². The van der Waals surface area contributed by atoms with E-state index in [9.17, 15) is 0 Å². The minimum Gasteiger partial charge on any atom is -0.306 e. The van der Waals surface area contributed by atoms with Crippen LogP contribution in [0.25, 0.3) is 0 Å². The fourth-order valence-electron chi connectivity index (χ4n) is 3.27. The van der Waals surface area contributed by atoms with Gasteiger partial charge in [0, 0.05) is 6.54 Å². The van der Waals surface area contributed by atoms with Gasteiger partial charge in [-0.1, -0.05) is 18.5 Å². The Balaban J connectivity index is 2.02. The molecule has 1 aliphatic heterocycles. The lowest BCUT2D eigenvalue weighted by molar-refractivity contribution is 0.306.